The highest BCUT2D eigenvalue weighted by Gasteiger charge is 2.40. The van der Waals surface area contributed by atoms with Crippen LogP contribution < -0.4 is 4.74 Å². The van der Waals surface area contributed by atoms with Crippen molar-refractivity contribution in [1.82, 2.24) is 0 Å². The van der Waals surface area contributed by atoms with Crippen LogP contribution in [0, 0.1) is 36.5 Å². The first-order chi connectivity index (χ1) is 68.1. The summed E-state index contributed by atoms with van der Waals surface area (Å²) in [4.78, 5) is 124. The van der Waals surface area contributed by atoms with Gasteiger partial charge in [0.25, 0.3) is 0 Å². The van der Waals surface area contributed by atoms with E-state index in [1.807, 2.05) is 164 Å². The second kappa shape index (κ2) is 43.5. The first kappa shape index (κ1) is 100. The summed E-state index contributed by atoms with van der Waals surface area (Å²) in [6.07, 6.45) is -1.82. The molecule has 0 amide bonds. The Hall–Kier alpha value is -14.9. The lowest BCUT2D eigenvalue weighted by Gasteiger charge is -2.25. The van der Waals surface area contributed by atoms with Crippen LogP contribution in [-0.2, 0) is 76.6 Å². The predicted octanol–water partition coefficient (Wildman–Crippen LogP) is 29.2. The molecule has 5 aliphatic rings. The smallest absolute Gasteiger partial charge is 0.417 e. The lowest BCUT2D eigenvalue weighted by molar-refractivity contribution is -0.138. The van der Waals surface area contributed by atoms with Gasteiger partial charge in [-0.25, -0.2) is 0 Å². The minimum absolute atomic E-state index is 0.0114. The molecule has 1 heterocycles. The van der Waals surface area contributed by atoms with Crippen LogP contribution in [-0.4, -0.2) is 64.9 Å². The van der Waals surface area contributed by atoms with E-state index in [1.54, 1.807) is 94.6 Å². The van der Waals surface area contributed by atoms with Gasteiger partial charge in [-0.2, -0.15) is 26.3 Å². The van der Waals surface area contributed by atoms with Gasteiger partial charge < -0.3 is 4.74 Å². The zero-order valence-electron chi connectivity index (χ0n) is 79.3. The molecule has 142 heavy (non-hydrogen) atoms. The van der Waals surface area contributed by atoms with E-state index < -0.39 is 23.5 Å². The molecule has 0 spiro atoms. The monoisotopic (exact) mass is 1930 g/mol. The third-order valence-electron chi connectivity index (χ3n) is 27.3. The van der Waals surface area contributed by atoms with Crippen molar-refractivity contribution in [3.05, 3.63) is 453 Å². The average Bonchev–Trinajstić information content (AvgIpc) is 1.53. The molecule has 0 bridgehead atoms. The summed E-state index contributed by atoms with van der Waals surface area (Å²) in [7, 11) is 1.66. The lowest BCUT2D eigenvalue weighted by Crippen LogP contribution is -2.24. The maximum atomic E-state index is 13.3. The Labute approximate surface area is 830 Å². The van der Waals surface area contributed by atoms with Crippen molar-refractivity contribution in [3.8, 4) is 61.4 Å². The Morgan fingerprint density at radius 3 is 1.01 bits per heavy atom. The van der Waals surface area contributed by atoms with Gasteiger partial charge >= 0.3 is 12.4 Å². The van der Waals surface area contributed by atoms with Crippen molar-refractivity contribution >= 4 is 80.8 Å². The molecule has 0 fully saturated rings. The number of Topliss-reactive ketones (excluding diaryl/α,β-unsaturated/α-hetero) is 10. The largest absolute Gasteiger partial charge is 0.497 e. The van der Waals surface area contributed by atoms with Crippen LogP contribution in [0.1, 0.15) is 216 Å². The Kier molecular flexibility index (Phi) is 30.7. The van der Waals surface area contributed by atoms with Crippen LogP contribution in [0.15, 0.2) is 322 Å². The molecule has 1 aromatic heterocycles. The summed E-state index contributed by atoms with van der Waals surface area (Å²) < 4.78 is 84.6. The highest BCUT2D eigenvalue weighted by molar-refractivity contribution is 7.14. The van der Waals surface area contributed by atoms with Gasteiger partial charge in [0.15, 0.2) is 57.8 Å². The third-order valence-corrected chi connectivity index (χ3v) is 28.8. The topological polar surface area (TPSA) is 180 Å². The van der Waals surface area contributed by atoms with Crippen molar-refractivity contribution in [1.29, 1.82) is 0 Å². The van der Waals surface area contributed by atoms with Gasteiger partial charge in [0.1, 0.15) is 5.75 Å². The normalized spacial score (nSPS) is 15.8. The number of ketones is 10. The summed E-state index contributed by atoms with van der Waals surface area (Å²) in [5, 5.41) is -0.355. The minimum Gasteiger partial charge on any atom is -0.497 e. The van der Waals surface area contributed by atoms with Crippen molar-refractivity contribution < 1.29 is 79.0 Å². The third kappa shape index (κ3) is 22.9. The zero-order valence-corrected chi connectivity index (χ0v) is 80.9. The predicted molar refractivity (Wildman–Crippen MR) is 547 cm³/mol. The molecule has 0 saturated heterocycles. The lowest BCUT2D eigenvalue weighted by atomic mass is 9.78. The number of fused-ring (bicyclic) bond motifs is 5. The summed E-state index contributed by atoms with van der Waals surface area (Å²) in [6, 6.07) is 97.8. The van der Waals surface area contributed by atoms with E-state index in [-0.39, 0.29) is 92.4 Å². The van der Waals surface area contributed by atoms with E-state index in [0.29, 0.717) is 112 Å². The van der Waals surface area contributed by atoms with Crippen molar-refractivity contribution in [2.24, 2.45) is 29.6 Å². The molecular formula is C123H101ClF6O11S. The van der Waals surface area contributed by atoms with E-state index in [9.17, 15) is 74.3 Å². The second-order valence-electron chi connectivity index (χ2n) is 36.9. The molecule has 19 heteroatoms. The van der Waals surface area contributed by atoms with Gasteiger partial charge in [-0.05, 0) is 266 Å². The van der Waals surface area contributed by atoms with Crippen LogP contribution in [0.4, 0.5) is 26.3 Å². The molecule has 0 radical (unpaired) electrons. The number of rotatable bonds is 21. The fourth-order valence-electron chi connectivity index (χ4n) is 19.9. The highest BCUT2D eigenvalue weighted by atomic mass is 35.5. The Balaban J connectivity index is 0.000000128. The Morgan fingerprint density at radius 2 is 0.648 bits per heavy atom. The maximum absolute atomic E-state index is 13.3. The summed E-state index contributed by atoms with van der Waals surface area (Å²) in [5.74, 6) is 1.03. The highest BCUT2D eigenvalue weighted by Crippen LogP contribution is 2.46. The van der Waals surface area contributed by atoms with Gasteiger partial charge in [-0.1, -0.05) is 290 Å². The fraction of sp³-hybridized carbons (Fsp3) is 0.203. The number of benzene rings is 14. The van der Waals surface area contributed by atoms with E-state index in [0.717, 1.165) is 132 Å². The number of methoxy groups -OCH3 is 1. The number of ether oxygens (including phenoxy) is 1. The second-order valence-corrected chi connectivity index (χ2v) is 38.5. The van der Waals surface area contributed by atoms with Gasteiger partial charge in [-0.15, -0.1) is 11.3 Å². The number of alkyl halides is 6. The van der Waals surface area contributed by atoms with Gasteiger partial charge in [0.05, 0.1) is 28.1 Å². The van der Waals surface area contributed by atoms with Gasteiger partial charge in [0, 0.05) is 84.5 Å². The molecule has 0 saturated carbocycles. The van der Waals surface area contributed by atoms with E-state index in [1.165, 1.54) is 59.6 Å². The minimum atomic E-state index is -4.56. The first-order valence-corrected chi connectivity index (χ1v) is 48.4. The zero-order chi connectivity index (χ0) is 101. The molecule has 11 nitrogen and oxygen atoms in total. The molecule has 714 valence electrons. The standard InChI is InChI=1S/C25H18ClF3O2.C25H22O3.C25H22O2.C24H19F3O2S.C24H20O2/c1-14(30)16-7-5-15(6-8-16)11-18-12-21-19(3-2-4-20(21)24(18)31)17-9-10-23(26)22(13-17)25(27,28)29;1-16(26)18-11-9-17(10-12-18)13-20-15-24-22(7-4-8-23(24)25(20)27)19-5-3-6-21(14-19)28-2;1-16-5-3-6-20(13-16)22-7-4-8-23-24(22)15-21(25(23)27)14-18-9-11-19(12-10-18)17(2)26;1-14(28)22-11-9-18(30-22)13-16-8-10-20-19(6-3-7-21(20)23(16)29)15-4-2-5-17(12-15)24(25,26)27;1-16(25)18-12-10-17(11-13-18)14-20-15-23-21(19-6-3-2-4-7-19)8-5-9-22(23)24(20)26/h2-10,13,18H,11-12H2,1H3;3-12,14,20H,13,15H2,1-2H3;3-13,21H,14-15H2,1-2H3;2-7,9,11-12,16H,8,10,13H2,1H3;2-13,20H,14-15H2,1H3. The van der Waals surface area contributed by atoms with Crippen molar-refractivity contribution in [3.63, 3.8) is 0 Å². The Morgan fingerprint density at radius 1 is 0.317 bits per heavy atom. The molecule has 5 aliphatic carbocycles. The molecule has 5 unspecified atom stereocenters. The first-order valence-electron chi connectivity index (χ1n) is 47.2. The fourth-order valence-corrected chi connectivity index (χ4v) is 21.1. The molecule has 15 aromatic rings. The van der Waals surface area contributed by atoms with E-state index in [2.05, 4.69) is 67.6 Å². The molecular weight excluding hydrogens is 1830 g/mol. The van der Waals surface area contributed by atoms with Crippen LogP contribution in [0.3, 0.4) is 0 Å². The number of hydrogen-bond donors (Lipinski definition) is 0. The molecule has 5 atom stereocenters. The van der Waals surface area contributed by atoms with Crippen molar-refractivity contribution in [2.45, 2.75) is 125 Å². The number of hydrogen-bond acceptors (Lipinski definition) is 12. The summed E-state index contributed by atoms with van der Waals surface area (Å²) in [6.45, 7) is 9.80. The Bertz CT molecular complexity index is 7400. The van der Waals surface area contributed by atoms with E-state index in [4.69, 9.17) is 16.3 Å². The van der Waals surface area contributed by atoms with Crippen LogP contribution in [0.2, 0.25) is 5.02 Å². The quantitative estimate of drug-likeness (QED) is 0.0493. The average molecular weight is 1940 g/mol. The number of carbonyl (C=O) groups excluding carboxylic acids is 10. The molecule has 14 aromatic carbocycles. The molecule has 0 N–H and O–H groups in total. The van der Waals surface area contributed by atoms with Crippen molar-refractivity contribution in [2.75, 3.05) is 7.11 Å². The SMILES string of the molecule is CC(=O)c1ccc(CC2CCc3c(cccc3-c3cccc(C(F)(F)F)c3)C2=O)s1.CC(=O)c1ccc(CC2Cc3c(cccc3-c3ccc(Cl)c(C(F)(F)F)c3)C2=O)cc1.CC(=O)c1ccc(CC2Cc3c(cccc3-c3cccc(C)c3)C2=O)cc1.CC(=O)c1ccc(CC2Cc3c(cccc3-c3ccccc3)C2=O)cc1.COc1cccc(-c2cccc3c2CC(Cc2ccc(C(C)=O)cc2)C3=O)c1. The molecule has 0 aliphatic heterocycles. The van der Waals surface area contributed by atoms with Crippen LogP contribution >= 0.6 is 22.9 Å². The number of halogens is 7. The van der Waals surface area contributed by atoms with Crippen LogP contribution in [0.5, 0.6) is 5.75 Å². The number of carbonyl (C=O) groups is 10. The van der Waals surface area contributed by atoms with E-state index >= 15 is 0 Å². The maximum Gasteiger partial charge on any atom is 0.417 e. The number of aryl methyl sites for hydroxylation is 1. The molecule has 20 rings (SSSR count). The van der Waals surface area contributed by atoms with Crippen LogP contribution in [0.25, 0.3) is 55.6 Å². The number of thiophene rings is 1. The summed E-state index contributed by atoms with van der Waals surface area (Å²) in [5.41, 5.74) is 24.2. The van der Waals surface area contributed by atoms with Gasteiger partial charge in [0.2, 0.25) is 0 Å². The summed E-state index contributed by atoms with van der Waals surface area (Å²) >= 11 is 7.17. The van der Waals surface area contributed by atoms with Gasteiger partial charge in [-0.3, -0.25) is 47.9 Å².